The lowest BCUT2D eigenvalue weighted by atomic mass is 10.1. The normalized spacial score (nSPS) is 12.8. The Balaban J connectivity index is 0.00000192. The van der Waals surface area contributed by atoms with Crippen molar-refractivity contribution in [2.24, 2.45) is 5.73 Å². The van der Waals surface area contributed by atoms with Crippen LogP contribution in [0.2, 0.25) is 0 Å². The van der Waals surface area contributed by atoms with E-state index in [9.17, 15) is 0 Å². The molecule has 0 saturated carbocycles. The first-order valence-electron chi connectivity index (χ1n) is 7.70. The fourth-order valence-electron chi connectivity index (χ4n) is 2.68. The van der Waals surface area contributed by atoms with Gasteiger partial charge in [-0.2, -0.15) is 0 Å². The maximum atomic E-state index is 5.76. The summed E-state index contributed by atoms with van der Waals surface area (Å²) < 4.78 is 11.2. The Kier molecular flexibility index (Phi) is 6.71. The van der Waals surface area contributed by atoms with Gasteiger partial charge in [0, 0.05) is 26.2 Å². The molecule has 0 unspecified atom stereocenters. The van der Waals surface area contributed by atoms with Crippen molar-refractivity contribution in [1.29, 1.82) is 0 Å². The summed E-state index contributed by atoms with van der Waals surface area (Å²) in [6.45, 7) is 4.50. The van der Waals surface area contributed by atoms with Crippen LogP contribution in [0.1, 0.15) is 11.1 Å². The largest absolute Gasteiger partial charge is 0.486 e. The van der Waals surface area contributed by atoms with Gasteiger partial charge in [0.2, 0.25) is 0 Å². The third kappa shape index (κ3) is 4.86. The van der Waals surface area contributed by atoms with Gasteiger partial charge < -0.3 is 15.2 Å². The first kappa shape index (κ1) is 17.6. The summed E-state index contributed by atoms with van der Waals surface area (Å²) in [5.74, 6) is 1.68. The molecular weight excluding hydrogens is 312 g/mol. The van der Waals surface area contributed by atoms with E-state index in [1.807, 2.05) is 12.1 Å². The predicted molar refractivity (Wildman–Crippen MR) is 94.3 cm³/mol. The number of ether oxygens (including phenoxy) is 2. The molecule has 0 aliphatic carbocycles. The number of rotatable bonds is 6. The molecule has 2 N–H and O–H groups in total. The van der Waals surface area contributed by atoms with E-state index in [0.717, 1.165) is 31.1 Å². The zero-order chi connectivity index (χ0) is 15.2. The van der Waals surface area contributed by atoms with Crippen LogP contribution in [0.3, 0.4) is 0 Å². The van der Waals surface area contributed by atoms with Crippen LogP contribution < -0.4 is 15.2 Å². The van der Waals surface area contributed by atoms with Crippen LogP contribution >= 0.6 is 12.4 Å². The predicted octanol–water partition coefficient (Wildman–Crippen LogP) is 2.84. The molecule has 3 rings (SSSR count). The van der Waals surface area contributed by atoms with Gasteiger partial charge in [0.15, 0.2) is 11.5 Å². The fourth-order valence-corrected chi connectivity index (χ4v) is 2.68. The lowest BCUT2D eigenvalue weighted by Gasteiger charge is -2.23. The maximum Gasteiger partial charge on any atom is 0.161 e. The minimum absolute atomic E-state index is 0. The lowest BCUT2D eigenvalue weighted by molar-refractivity contribution is 0.171. The van der Waals surface area contributed by atoms with Gasteiger partial charge in [-0.25, -0.2) is 0 Å². The van der Waals surface area contributed by atoms with Crippen LogP contribution in [-0.4, -0.2) is 31.2 Å². The van der Waals surface area contributed by atoms with Gasteiger partial charge in [0.25, 0.3) is 0 Å². The van der Waals surface area contributed by atoms with Gasteiger partial charge in [-0.3, -0.25) is 4.90 Å². The molecule has 0 radical (unpaired) electrons. The van der Waals surface area contributed by atoms with Crippen LogP contribution in [0.15, 0.2) is 48.5 Å². The Hall–Kier alpha value is -1.75. The molecule has 4 nitrogen and oxygen atoms in total. The summed E-state index contributed by atoms with van der Waals surface area (Å²) in [5.41, 5.74) is 8.28. The fraction of sp³-hybridized carbons (Fsp3) is 0.333. The van der Waals surface area contributed by atoms with E-state index in [-0.39, 0.29) is 12.4 Å². The van der Waals surface area contributed by atoms with Crippen molar-refractivity contribution in [3.8, 4) is 11.5 Å². The van der Waals surface area contributed by atoms with E-state index in [4.69, 9.17) is 15.2 Å². The molecule has 2 aromatic carbocycles. The third-order valence-electron chi connectivity index (χ3n) is 3.71. The van der Waals surface area contributed by atoms with Gasteiger partial charge in [-0.15, -0.1) is 12.4 Å². The Morgan fingerprint density at radius 1 is 0.870 bits per heavy atom. The topological polar surface area (TPSA) is 47.7 Å². The van der Waals surface area contributed by atoms with E-state index in [1.54, 1.807) is 0 Å². The number of fused-ring (bicyclic) bond motifs is 1. The second kappa shape index (κ2) is 8.77. The minimum atomic E-state index is 0. The van der Waals surface area contributed by atoms with Gasteiger partial charge in [-0.05, 0) is 23.3 Å². The van der Waals surface area contributed by atoms with Crippen molar-refractivity contribution in [1.82, 2.24) is 4.90 Å². The SMILES string of the molecule is Cl.NCCN(Cc1ccccc1)Cc1ccc2c(c1)OCCO2. The summed E-state index contributed by atoms with van der Waals surface area (Å²) in [7, 11) is 0. The number of nitrogens with zero attached hydrogens (tertiary/aromatic N) is 1. The highest BCUT2D eigenvalue weighted by molar-refractivity contribution is 5.85. The van der Waals surface area contributed by atoms with Gasteiger partial charge in [-0.1, -0.05) is 36.4 Å². The zero-order valence-corrected chi connectivity index (χ0v) is 13.9. The summed E-state index contributed by atoms with van der Waals surface area (Å²) >= 11 is 0. The standard InChI is InChI=1S/C18H22N2O2.ClH/c19-8-9-20(13-15-4-2-1-3-5-15)14-16-6-7-17-18(12-16)22-11-10-21-17;/h1-7,12H,8-11,13-14,19H2;1H. The molecule has 0 bridgehead atoms. The Morgan fingerprint density at radius 2 is 1.57 bits per heavy atom. The molecular formula is C18H23ClN2O2. The smallest absolute Gasteiger partial charge is 0.161 e. The molecule has 0 atom stereocenters. The summed E-state index contributed by atoms with van der Waals surface area (Å²) in [6.07, 6.45) is 0. The molecule has 0 amide bonds. The number of hydrogen-bond acceptors (Lipinski definition) is 4. The van der Waals surface area contributed by atoms with E-state index in [0.29, 0.717) is 19.8 Å². The molecule has 23 heavy (non-hydrogen) atoms. The monoisotopic (exact) mass is 334 g/mol. The van der Waals surface area contributed by atoms with E-state index in [1.165, 1.54) is 11.1 Å². The Bertz CT molecular complexity index is 607. The molecule has 0 aromatic heterocycles. The maximum absolute atomic E-state index is 5.76. The van der Waals surface area contributed by atoms with Crippen LogP contribution in [0, 0.1) is 0 Å². The molecule has 1 aliphatic heterocycles. The lowest BCUT2D eigenvalue weighted by Crippen LogP contribution is -2.28. The van der Waals surface area contributed by atoms with Gasteiger partial charge in [0.05, 0.1) is 0 Å². The Labute approximate surface area is 143 Å². The van der Waals surface area contributed by atoms with E-state index in [2.05, 4.69) is 41.3 Å². The summed E-state index contributed by atoms with van der Waals surface area (Å²) in [6, 6.07) is 16.6. The molecule has 1 aliphatic rings. The van der Waals surface area contributed by atoms with E-state index < -0.39 is 0 Å². The number of nitrogens with two attached hydrogens (primary N) is 1. The molecule has 124 valence electrons. The van der Waals surface area contributed by atoms with Crippen molar-refractivity contribution in [2.75, 3.05) is 26.3 Å². The second-order valence-electron chi connectivity index (χ2n) is 5.46. The van der Waals surface area contributed by atoms with Crippen molar-refractivity contribution >= 4 is 12.4 Å². The van der Waals surface area contributed by atoms with Gasteiger partial charge in [0.1, 0.15) is 13.2 Å². The zero-order valence-electron chi connectivity index (χ0n) is 13.1. The average molecular weight is 335 g/mol. The quantitative estimate of drug-likeness (QED) is 0.882. The van der Waals surface area contributed by atoms with Crippen molar-refractivity contribution < 1.29 is 9.47 Å². The summed E-state index contributed by atoms with van der Waals surface area (Å²) in [4.78, 5) is 2.35. The highest BCUT2D eigenvalue weighted by Crippen LogP contribution is 2.31. The number of hydrogen-bond donors (Lipinski definition) is 1. The first-order chi connectivity index (χ1) is 10.8. The number of benzene rings is 2. The Morgan fingerprint density at radius 3 is 2.30 bits per heavy atom. The highest BCUT2D eigenvalue weighted by Gasteiger charge is 2.13. The van der Waals surface area contributed by atoms with Crippen LogP contribution in [-0.2, 0) is 13.1 Å². The van der Waals surface area contributed by atoms with E-state index >= 15 is 0 Å². The van der Waals surface area contributed by atoms with Crippen molar-refractivity contribution in [2.45, 2.75) is 13.1 Å². The molecule has 0 spiro atoms. The van der Waals surface area contributed by atoms with Gasteiger partial charge >= 0.3 is 0 Å². The molecule has 5 heteroatoms. The average Bonchev–Trinajstić information content (AvgIpc) is 2.56. The molecule has 2 aromatic rings. The van der Waals surface area contributed by atoms with Crippen LogP contribution in [0.25, 0.3) is 0 Å². The third-order valence-corrected chi connectivity index (χ3v) is 3.71. The molecule has 0 fully saturated rings. The van der Waals surface area contributed by atoms with Crippen LogP contribution in [0.4, 0.5) is 0 Å². The highest BCUT2D eigenvalue weighted by atomic mass is 35.5. The van der Waals surface area contributed by atoms with Crippen molar-refractivity contribution in [3.05, 3.63) is 59.7 Å². The van der Waals surface area contributed by atoms with Crippen molar-refractivity contribution in [3.63, 3.8) is 0 Å². The number of halogens is 1. The second-order valence-corrected chi connectivity index (χ2v) is 5.46. The van der Waals surface area contributed by atoms with Crippen LogP contribution in [0.5, 0.6) is 11.5 Å². The first-order valence-corrected chi connectivity index (χ1v) is 7.70. The molecule has 0 saturated heterocycles. The molecule has 1 heterocycles. The minimum Gasteiger partial charge on any atom is -0.486 e. The summed E-state index contributed by atoms with van der Waals surface area (Å²) in [5, 5.41) is 0.